The molecule has 9 nitrogen and oxygen atoms in total. The topological polar surface area (TPSA) is 118 Å². The predicted octanol–water partition coefficient (Wildman–Crippen LogP) is -0.869. The molecule has 3 N–H and O–H groups in total. The van der Waals surface area contributed by atoms with Crippen molar-refractivity contribution in [2.75, 3.05) is 25.6 Å². The normalized spacial score (nSPS) is 9.94. The minimum atomic E-state index is -1.06. The van der Waals surface area contributed by atoms with Crippen LogP contribution in [0.1, 0.15) is 0 Å². The summed E-state index contributed by atoms with van der Waals surface area (Å²) in [7, 11) is 1.52. The van der Waals surface area contributed by atoms with Crippen LogP contribution >= 0.6 is 0 Å². The highest BCUT2D eigenvalue weighted by Gasteiger charge is 2.06. The number of hydrogen-bond acceptors (Lipinski definition) is 5. The van der Waals surface area contributed by atoms with E-state index in [-0.39, 0.29) is 12.4 Å². The van der Waals surface area contributed by atoms with Gasteiger partial charge < -0.3 is 15.2 Å². The molecule has 9 heteroatoms. The van der Waals surface area contributed by atoms with E-state index >= 15 is 0 Å². The molecule has 0 saturated carbocycles. The van der Waals surface area contributed by atoms with Crippen LogP contribution in [0.25, 0.3) is 0 Å². The molecule has 1 rings (SSSR count). The largest absolute Gasteiger partial charge is 0.480 e. The Morgan fingerprint density at radius 1 is 1.59 bits per heavy atom. The van der Waals surface area contributed by atoms with E-state index in [0.29, 0.717) is 13.2 Å². The maximum atomic E-state index is 11.2. The van der Waals surface area contributed by atoms with Crippen molar-refractivity contribution in [1.29, 1.82) is 0 Å². The molecule has 0 aromatic carbocycles. The van der Waals surface area contributed by atoms with E-state index < -0.39 is 12.0 Å². The van der Waals surface area contributed by atoms with Crippen LogP contribution in [-0.4, -0.2) is 52.4 Å². The number of rotatable bonds is 6. The molecule has 2 amide bonds. The molecule has 17 heavy (non-hydrogen) atoms. The Morgan fingerprint density at radius 3 is 3.00 bits per heavy atom. The molecule has 0 bridgehead atoms. The lowest BCUT2D eigenvalue weighted by Crippen LogP contribution is -2.31. The Balaban J connectivity index is 2.38. The summed E-state index contributed by atoms with van der Waals surface area (Å²) < 4.78 is 4.75. The summed E-state index contributed by atoms with van der Waals surface area (Å²) in [6, 6.07) is -0.454. The van der Waals surface area contributed by atoms with Crippen molar-refractivity contribution in [3.05, 3.63) is 6.20 Å². The van der Waals surface area contributed by atoms with Gasteiger partial charge >= 0.3 is 12.0 Å². The number of urea groups is 1. The Kier molecular flexibility index (Phi) is 4.88. The van der Waals surface area contributed by atoms with E-state index in [1.807, 2.05) is 0 Å². The Labute approximate surface area is 96.7 Å². The maximum absolute atomic E-state index is 11.2. The van der Waals surface area contributed by atoms with Crippen LogP contribution in [-0.2, 0) is 16.1 Å². The van der Waals surface area contributed by atoms with Crippen molar-refractivity contribution in [3.63, 3.8) is 0 Å². The average Bonchev–Trinajstić information content (AvgIpc) is 2.64. The number of hydrogen-bond donors (Lipinski definition) is 3. The molecule has 0 spiro atoms. The van der Waals surface area contributed by atoms with Crippen LogP contribution in [0.2, 0.25) is 0 Å². The summed E-state index contributed by atoms with van der Waals surface area (Å²) in [6.45, 7) is 0.414. The molecule has 94 valence electrons. The quantitative estimate of drug-likeness (QED) is 0.559. The number of aromatic nitrogens is 3. The lowest BCUT2D eigenvalue weighted by atomic mass is 10.6. The lowest BCUT2D eigenvalue weighted by molar-refractivity contribution is -0.138. The van der Waals surface area contributed by atoms with Gasteiger partial charge in [0.05, 0.1) is 12.8 Å². The van der Waals surface area contributed by atoms with E-state index in [4.69, 9.17) is 9.84 Å². The average molecular weight is 243 g/mol. The Bertz CT molecular complexity index is 391. The third-order valence-electron chi connectivity index (χ3n) is 1.65. The molecule has 1 heterocycles. The van der Waals surface area contributed by atoms with Crippen molar-refractivity contribution >= 4 is 17.8 Å². The van der Waals surface area contributed by atoms with Gasteiger partial charge in [-0.15, -0.1) is 5.10 Å². The van der Waals surface area contributed by atoms with Crippen molar-refractivity contribution < 1.29 is 19.4 Å². The van der Waals surface area contributed by atoms with Gasteiger partial charge in [-0.05, 0) is 0 Å². The molecule has 0 aliphatic carbocycles. The molecular formula is C8H13N5O4. The first kappa shape index (κ1) is 12.9. The van der Waals surface area contributed by atoms with Crippen molar-refractivity contribution in [3.8, 4) is 0 Å². The standard InChI is InChI=1S/C8H13N5O4/c1-17-3-2-9-8(16)11-6-4-10-13(12-6)5-7(14)15/h4H,2-3,5H2,1H3,(H,14,15)(H2,9,11,12,16). The minimum absolute atomic E-state index is 0.182. The fourth-order valence-corrected chi connectivity index (χ4v) is 0.979. The van der Waals surface area contributed by atoms with Crippen LogP contribution in [0.3, 0.4) is 0 Å². The fraction of sp³-hybridized carbons (Fsp3) is 0.500. The molecule has 0 aliphatic rings. The summed E-state index contributed by atoms with van der Waals surface area (Å²) in [5.74, 6) is -0.877. The van der Waals surface area contributed by atoms with Crippen molar-refractivity contribution in [2.24, 2.45) is 0 Å². The zero-order valence-corrected chi connectivity index (χ0v) is 9.21. The molecule has 0 atom stereocenters. The zero-order chi connectivity index (χ0) is 12.7. The van der Waals surface area contributed by atoms with E-state index in [1.54, 1.807) is 0 Å². The lowest BCUT2D eigenvalue weighted by Gasteiger charge is -2.03. The van der Waals surface area contributed by atoms with Gasteiger partial charge in [-0.25, -0.2) is 4.79 Å². The number of anilines is 1. The van der Waals surface area contributed by atoms with Crippen LogP contribution in [0.5, 0.6) is 0 Å². The number of amides is 2. The van der Waals surface area contributed by atoms with E-state index in [2.05, 4.69) is 20.8 Å². The molecule has 1 aromatic rings. The minimum Gasteiger partial charge on any atom is -0.480 e. The Morgan fingerprint density at radius 2 is 2.35 bits per heavy atom. The predicted molar refractivity (Wildman–Crippen MR) is 56.6 cm³/mol. The third-order valence-corrected chi connectivity index (χ3v) is 1.65. The number of nitrogens with one attached hydrogen (secondary N) is 2. The summed E-state index contributed by atoms with van der Waals surface area (Å²) in [4.78, 5) is 22.6. The number of carbonyl (C=O) groups excluding carboxylic acids is 1. The highest BCUT2D eigenvalue weighted by atomic mass is 16.5. The third kappa shape index (κ3) is 4.93. The van der Waals surface area contributed by atoms with Gasteiger partial charge in [-0.2, -0.15) is 9.90 Å². The van der Waals surface area contributed by atoms with E-state index in [9.17, 15) is 9.59 Å². The number of ether oxygens (including phenoxy) is 1. The van der Waals surface area contributed by atoms with Gasteiger partial charge in [0.25, 0.3) is 0 Å². The zero-order valence-electron chi connectivity index (χ0n) is 9.21. The van der Waals surface area contributed by atoms with E-state index in [1.165, 1.54) is 13.3 Å². The number of aliphatic carboxylic acids is 1. The van der Waals surface area contributed by atoms with Crippen molar-refractivity contribution in [1.82, 2.24) is 20.3 Å². The molecule has 0 unspecified atom stereocenters. The van der Waals surface area contributed by atoms with Gasteiger partial charge in [0.2, 0.25) is 0 Å². The first-order chi connectivity index (χ1) is 8.11. The molecular weight excluding hydrogens is 230 g/mol. The second-order valence-corrected chi connectivity index (χ2v) is 3.03. The molecule has 0 aliphatic heterocycles. The van der Waals surface area contributed by atoms with Gasteiger partial charge in [0.1, 0.15) is 0 Å². The van der Waals surface area contributed by atoms with Crippen LogP contribution in [0, 0.1) is 0 Å². The summed E-state index contributed by atoms with van der Waals surface area (Å²) in [5, 5.41) is 20.8. The maximum Gasteiger partial charge on any atom is 0.327 e. The van der Waals surface area contributed by atoms with Gasteiger partial charge in [0.15, 0.2) is 12.4 Å². The van der Waals surface area contributed by atoms with Crippen LogP contribution in [0.4, 0.5) is 10.6 Å². The van der Waals surface area contributed by atoms with Crippen LogP contribution in [0.15, 0.2) is 6.20 Å². The van der Waals surface area contributed by atoms with Gasteiger partial charge in [-0.1, -0.05) is 0 Å². The molecule has 0 saturated heterocycles. The number of nitrogens with zero attached hydrogens (tertiary/aromatic N) is 3. The molecule has 1 aromatic heterocycles. The second-order valence-electron chi connectivity index (χ2n) is 3.03. The summed E-state index contributed by atoms with van der Waals surface area (Å²) in [6.07, 6.45) is 1.26. The second kappa shape index (κ2) is 6.43. The smallest absolute Gasteiger partial charge is 0.327 e. The highest BCUT2D eigenvalue weighted by Crippen LogP contribution is 1.98. The number of carbonyl (C=O) groups is 2. The molecule has 0 radical (unpaired) electrons. The monoisotopic (exact) mass is 243 g/mol. The Hall–Kier alpha value is -2.16. The SMILES string of the molecule is COCCNC(=O)Nc1cnn(CC(=O)O)n1. The molecule has 0 fully saturated rings. The first-order valence-electron chi connectivity index (χ1n) is 4.77. The number of carboxylic acid groups (broad SMARTS) is 1. The van der Waals surface area contributed by atoms with Crippen LogP contribution < -0.4 is 10.6 Å². The van der Waals surface area contributed by atoms with Crippen molar-refractivity contribution in [2.45, 2.75) is 6.54 Å². The van der Waals surface area contributed by atoms with E-state index in [0.717, 1.165) is 4.80 Å². The summed E-state index contributed by atoms with van der Waals surface area (Å²) >= 11 is 0. The highest BCUT2D eigenvalue weighted by molar-refractivity contribution is 5.87. The number of methoxy groups -OCH3 is 1. The van der Waals surface area contributed by atoms with Gasteiger partial charge in [-0.3, -0.25) is 10.1 Å². The summed E-state index contributed by atoms with van der Waals surface area (Å²) in [5.41, 5.74) is 0. The first-order valence-corrected chi connectivity index (χ1v) is 4.77. The fourth-order valence-electron chi connectivity index (χ4n) is 0.979. The number of carboxylic acids is 1. The van der Waals surface area contributed by atoms with Gasteiger partial charge in [0, 0.05) is 13.7 Å².